The largest absolute Gasteiger partial charge is 0.346 e. The normalized spacial score (nSPS) is 11.5. The van der Waals surface area contributed by atoms with E-state index in [9.17, 15) is 18.4 Å². The number of nitrogens with one attached hydrogen (secondary N) is 2. The Labute approximate surface area is 157 Å². The van der Waals surface area contributed by atoms with E-state index in [0.29, 0.717) is 12.1 Å². The molecule has 0 bridgehead atoms. The third-order valence-corrected chi connectivity index (χ3v) is 3.32. The first-order chi connectivity index (χ1) is 10.9. The molecule has 0 atom stereocenters. The van der Waals surface area contributed by atoms with E-state index in [1.165, 1.54) is 18.2 Å². The Morgan fingerprint density at radius 2 is 1.84 bits per heavy atom. The van der Waals surface area contributed by atoms with E-state index in [1.807, 2.05) is 20.8 Å². The number of rotatable bonds is 6. The van der Waals surface area contributed by atoms with Crippen molar-refractivity contribution in [2.24, 2.45) is 11.1 Å². The van der Waals surface area contributed by atoms with Crippen molar-refractivity contribution in [1.29, 1.82) is 0 Å². The fourth-order valence-electron chi connectivity index (χ4n) is 1.84. The molecule has 0 aliphatic rings. The van der Waals surface area contributed by atoms with Gasteiger partial charge in [-0.3, -0.25) is 9.59 Å². The summed E-state index contributed by atoms with van der Waals surface area (Å²) in [7, 11) is 0. The van der Waals surface area contributed by atoms with E-state index in [2.05, 4.69) is 10.6 Å². The van der Waals surface area contributed by atoms with E-state index in [0.717, 1.165) is 0 Å². The van der Waals surface area contributed by atoms with E-state index >= 15 is 0 Å². The summed E-state index contributed by atoms with van der Waals surface area (Å²) in [6.45, 7) is 4.00. The number of nitrogens with two attached hydrogens (primary N) is 1. The number of hydrogen-bond acceptors (Lipinski definition) is 3. The predicted octanol–water partition coefficient (Wildman–Crippen LogP) is 3.46. The Balaban J connectivity index is 0.00000576. The standard InChI is InChI=1S/C16H22ClF2N3O2.ClH/c1-15(2,3)7-13(23)22-10-4-5-12(17)11(6-10)14(24)21-9-16(18,19)8-20;/h4-6H,7-9,20H2,1-3H3,(H,21,24)(H,22,23);1H. The lowest BCUT2D eigenvalue weighted by Gasteiger charge is -2.18. The average Bonchev–Trinajstić information content (AvgIpc) is 2.45. The second-order valence-electron chi connectivity index (χ2n) is 6.72. The van der Waals surface area contributed by atoms with Crippen LogP contribution >= 0.6 is 24.0 Å². The molecule has 1 rings (SSSR count). The summed E-state index contributed by atoms with van der Waals surface area (Å²) in [4.78, 5) is 23.9. The van der Waals surface area contributed by atoms with Crippen LogP contribution in [0.5, 0.6) is 0 Å². The predicted molar refractivity (Wildman–Crippen MR) is 97.7 cm³/mol. The number of halogens is 4. The molecule has 0 saturated carbocycles. The maximum Gasteiger partial charge on any atom is 0.277 e. The van der Waals surface area contributed by atoms with Crippen molar-refractivity contribution in [3.05, 3.63) is 28.8 Å². The van der Waals surface area contributed by atoms with Crippen molar-refractivity contribution in [2.75, 3.05) is 18.4 Å². The lowest BCUT2D eigenvalue weighted by atomic mass is 9.92. The molecular formula is C16H23Cl2F2N3O2. The van der Waals surface area contributed by atoms with Gasteiger partial charge >= 0.3 is 0 Å². The maximum atomic E-state index is 13.1. The summed E-state index contributed by atoms with van der Waals surface area (Å²) < 4.78 is 26.2. The first-order valence-electron chi connectivity index (χ1n) is 7.39. The van der Waals surface area contributed by atoms with E-state index in [1.54, 1.807) is 0 Å². The molecule has 0 radical (unpaired) electrons. The van der Waals surface area contributed by atoms with Crippen LogP contribution in [0.15, 0.2) is 18.2 Å². The van der Waals surface area contributed by atoms with Crippen LogP contribution in [0.2, 0.25) is 5.02 Å². The van der Waals surface area contributed by atoms with Crippen LogP contribution in [-0.2, 0) is 4.79 Å². The highest BCUT2D eigenvalue weighted by molar-refractivity contribution is 6.34. The Morgan fingerprint density at radius 1 is 1.24 bits per heavy atom. The lowest BCUT2D eigenvalue weighted by molar-refractivity contribution is -0.117. The summed E-state index contributed by atoms with van der Waals surface area (Å²) in [5.74, 6) is -4.17. The molecule has 1 aromatic carbocycles. The summed E-state index contributed by atoms with van der Waals surface area (Å²) in [6, 6.07) is 4.30. The van der Waals surface area contributed by atoms with Crippen molar-refractivity contribution >= 4 is 41.5 Å². The Kier molecular flexibility index (Phi) is 8.77. The molecule has 25 heavy (non-hydrogen) atoms. The van der Waals surface area contributed by atoms with Gasteiger partial charge in [0.05, 0.1) is 23.7 Å². The van der Waals surface area contributed by atoms with Crippen molar-refractivity contribution in [3.8, 4) is 0 Å². The molecule has 0 saturated heterocycles. The van der Waals surface area contributed by atoms with Crippen LogP contribution in [0, 0.1) is 5.41 Å². The lowest BCUT2D eigenvalue weighted by Crippen LogP contribution is -2.41. The second-order valence-corrected chi connectivity index (χ2v) is 7.13. The zero-order valence-corrected chi connectivity index (χ0v) is 15.9. The van der Waals surface area contributed by atoms with Crippen molar-refractivity contribution in [2.45, 2.75) is 33.1 Å². The van der Waals surface area contributed by atoms with Crippen molar-refractivity contribution in [1.82, 2.24) is 5.32 Å². The number of alkyl halides is 2. The van der Waals surface area contributed by atoms with Crippen LogP contribution in [0.25, 0.3) is 0 Å². The minimum atomic E-state index is -3.19. The van der Waals surface area contributed by atoms with Gasteiger partial charge in [0.15, 0.2) is 0 Å². The Hall–Kier alpha value is -1.44. The monoisotopic (exact) mass is 397 g/mol. The number of carbonyl (C=O) groups excluding carboxylic acids is 2. The molecule has 0 aliphatic heterocycles. The van der Waals surface area contributed by atoms with E-state index < -0.39 is 24.9 Å². The molecular weight excluding hydrogens is 375 g/mol. The molecule has 0 fully saturated rings. The Bertz CT molecular complexity index is 620. The summed E-state index contributed by atoms with van der Waals surface area (Å²) >= 11 is 5.93. The molecule has 0 heterocycles. The zero-order valence-electron chi connectivity index (χ0n) is 14.3. The van der Waals surface area contributed by atoms with Gasteiger partial charge in [-0.15, -0.1) is 12.4 Å². The number of carbonyl (C=O) groups is 2. The highest BCUT2D eigenvalue weighted by Crippen LogP contribution is 2.23. The van der Waals surface area contributed by atoms with Crippen LogP contribution in [0.4, 0.5) is 14.5 Å². The van der Waals surface area contributed by atoms with Gasteiger partial charge in [0.25, 0.3) is 11.8 Å². The summed E-state index contributed by atoms with van der Waals surface area (Å²) in [5.41, 5.74) is 5.09. The zero-order chi connectivity index (χ0) is 18.5. The van der Waals surface area contributed by atoms with Gasteiger partial charge in [-0.1, -0.05) is 32.4 Å². The van der Waals surface area contributed by atoms with E-state index in [-0.39, 0.29) is 34.3 Å². The Morgan fingerprint density at radius 3 is 2.36 bits per heavy atom. The topological polar surface area (TPSA) is 84.2 Å². The van der Waals surface area contributed by atoms with Gasteiger partial charge in [-0.05, 0) is 23.6 Å². The maximum absolute atomic E-state index is 13.1. The summed E-state index contributed by atoms with van der Waals surface area (Å²) in [5, 5.41) is 4.84. The quantitative estimate of drug-likeness (QED) is 0.686. The van der Waals surface area contributed by atoms with Gasteiger partial charge in [-0.2, -0.15) is 0 Å². The molecule has 5 nitrogen and oxygen atoms in total. The molecule has 0 spiro atoms. The molecule has 4 N–H and O–H groups in total. The van der Waals surface area contributed by atoms with Crippen molar-refractivity contribution in [3.63, 3.8) is 0 Å². The molecule has 2 amide bonds. The van der Waals surface area contributed by atoms with Gasteiger partial charge in [-0.25, -0.2) is 8.78 Å². The van der Waals surface area contributed by atoms with E-state index in [4.69, 9.17) is 17.3 Å². The smallest absolute Gasteiger partial charge is 0.277 e. The van der Waals surface area contributed by atoms with Crippen LogP contribution in [-0.4, -0.2) is 30.8 Å². The molecule has 1 aromatic rings. The SMILES string of the molecule is CC(C)(C)CC(=O)Nc1ccc(Cl)c(C(=O)NCC(F)(F)CN)c1.Cl. The fourth-order valence-corrected chi connectivity index (χ4v) is 2.04. The summed E-state index contributed by atoms with van der Waals surface area (Å²) in [6.07, 6.45) is 0.292. The number of benzene rings is 1. The molecule has 0 unspecified atom stereocenters. The number of amides is 2. The minimum Gasteiger partial charge on any atom is -0.346 e. The molecule has 0 aliphatic carbocycles. The third-order valence-electron chi connectivity index (χ3n) is 2.99. The van der Waals surface area contributed by atoms with Gasteiger partial charge in [0.1, 0.15) is 0 Å². The van der Waals surface area contributed by atoms with Crippen molar-refractivity contribution < 1.29 is 18.4 Å². The first-order valence-corrected chi connectivity index (χ1v) is 7.77. The van der Waals surface area contributed by atoms with Crippen LogP contribution < -0.4 is 16.4 Å². The van der Waals surface area contributed by atoms with Gasteiger partial charge in [0.2, 0.25) is 5.91 Å². The van der Waals surface area contributed by atoms with Gasteiger partial charge < -0.3 is 16.4 Å². The average molecular weight is 398 g/mol. The minimum absolute atomic E-state index is 0. The number of anilines is 1. The van der Waals surface area contributed by atoms with Crippen LogP contribution in [0.3, 0.4) is 0 Å². The molecule has 0 aromatic heterocycles. The molecule has 142 valence electrons. The third kappa shape index (κ3) is 8.47. The highest BCUT2D eigenvalue weighted by atomic mass is 35.5. The fraction of sp³-hybridized carbons (Fsp3) is 0.500. The highest BCUT2D eigenvalue weighted by Gasteiger charge is 2.27. The second kappa shape index (κ2) is 9.31. The van der Waals surface area contributed by atoms with Gasteiger partial charge in [0, 0.05) is 12.1 Å². The molecule has 9 heteroatoms. The number of hydrogen-bond donors (Lipinski definition) is 3. The first kappa shape index (κ1) is 23.6. The van der Waals surface area contributed by atoms with Crippen LogP contribution in [0.1, 0.15) is 37.6 Å².